The van der Waals surface area contributed by atoms with Crippen molar-refractivity contribution in [1.29, 1.82) is 0 Å². The van der Waals surface area contributed by atoms with Gasteiger partial charge in [-0.1, -0.05) is 26.8 Å². The highest BCUT2D eigenvalue weighted by Crippen LogP contribution is 2.29. The van der Waals surface area contributed by atoms with Gasteiger partial charge in [0, 0.05) is 6.42 Å². The lowest BCUT2D eigenvalue weighted by Crippen LogP contribution is -2.03. The molecule has 0 bridgehead atoms. The van der Waals surface area contributed by atoms with Crippen LogP contribution in [0.25, 0.3) is 0 Å². The molecule has 1 heteroatoms. The molecule has 1 nitrogen and oxygen atoms in total. The summed E-state index contributed by atoms with van der Waals surface area (Å²) in [5.74, 6) is 4.24. The van der Waals surface area contributed by atoms with Crippen LogP contribution in [0.5, 0.6) is 5.75 Å². The summed E-state index contributed by atoms with van der Waals surface area (Å²) in [5.41, 5.74) is 2.76. The SMILES string of the molecule is C#CCC(CC)c1ccc(OCCC)cc1CC. The minimum absolute atomic E-state index is 0.477. The summed E-state index contributed by atoms with van der Waals surface area (Å²) >= 11 is 0. The Morgan fingerprint density at radius 1 is 1.28 bits per heavy atom. The van der Waals surface area contributed by atoms with Gasteiger partial charge in [0.1, 0.15) is 5.75 Å². The molecule has 0 amide bonds. The molecule has 0 saturated carbocycles. The number of aryl methyl sites for hydroxylation is 1. The molecule has 0 aliphatic rings. The second-order valence-corrected chi connectivity index (χ2v) is 4.58. The van der Waals surface area contributed by atoms with Gasteiger partial charge >= 0.3 is 0 Å². The molecule has 1 aromatic carbocycles. The zero-order chi connectivity index (χ0) is 13.4. The first kappa shape index (κ1) is 14.6. The fourth-order valence-electron chi connectivity index (χ4n) is 2.21. The largest absolute Gasteiger partial charge is 0.494 e. The van der Waals surface area contributed by atoms with E-state index in [1.807, 2.05) is 0 Å². The maximum atomic E-state index is 5.69. The summed E-state index contributed by atoms with van der Waals surface area (Å²) in [6.07, 6.45) is 9.43. The van der Waals surface area contributed by atoms with Crippen molar-refractivity contribution in [2.24, 2.45) is 0 Å². The number of ether oxygens (including phenoxy) is 1. The van der Waals surface area contributed by atoms with Crippen molar-refractivity contribution in [1.82, 2.24) is 0 Å². The summed E-state index contributed by atoms with van der Waals surface area (Å²) in [6.45, 7) is 7.28. The predicted octanol–water partition coefficient (Wildman–Crippen LogP) is 4.55. The van der Waals surface area contributed by atoms with Crippen molar-refractivity contribution >= 4 is 0 Å². The minimum atomic E-state index is 0.477. The lowest BCUT2D eigenvalue weighted by molar-refractivity contribution is 0.317. The summed E-state index contributed by atoms with van der Waals surface area (Å²) in [5, 5.41) is 0. The van der Waals surface area contributed by atoms with Gasteiger partial charge in [0.15, 0.2) is 0 Å². The van der Waals surface area contributed by atoms with Crippen molar-refractivity contribution in [3.8, 4) is 18.1 Å². The van der Waals surface area contributed by atoms with Crippen LogP contribution in [-0.4, -0.2) is 6.61 Å². The monoisotopic (exact) mass is 244 g/mol. The quantitative estimate of drug-likeness (QED) is 0.639. The average Bonchev–Trinajstić information content (AvgIpc) is 2.42. The highest BCUT2D eigenvalue weighted by Gasteiger charge is 2.12. The minimum Gasteiger partial charge on any atom is -0.494 e. The van der Waals surface area contributed by atoms with Gasteiger partial charge in [-0.3, -0.25) is 0 Å². The van der Waals surface area contributed by atoms with Gasteiger partial charge in [0.25, 0.3) is 0 Å². The molecule has 0 aliphatic carbocycles. The topological polar surface area (TPSA) is 9.23 Å². The third-order valence-electron chi connectivity index (χ3n) is 3.27. The Bertz CT molecular complexity index is 401. The first-order valence-electron chi connectivity index (χ1n) is 6.95. The molecule has 98 valence electrons. The number of terminal acetylenes is 1. The standard InChI is InChI=1S/C17H24O/c1-5-9-14(7-3)17-11-10-16(18-12-6-2)13-15(17)8-4/h1,10-11,13-14H,6-9,12H2,2-4H3. The lowest BCUT2D eigenvalue weighted by atomic mass is 9.89. The fourth-order valence-corrected chi connectivity index (χ4v) is 2.21. The van der Waals surface area contributed by atoms with Gasteiger partial charge in [0.2, 0.25) is 0 Å². The number of benzene rings is 1. The number of hydrogen-bond acceptors (Lipinski definition) is 1. The Hall–Kier alpha value is -1.42. The molecule has 0 heterocycles. The third-order valence-corrected chi connectivity index (χ3v) is 3.27. The Morgan fingerprint density at radius 3 is 2.61 bits per heavy atom. The zero-order valence-electron chi connectivity index (χ0n) is 11.8. The second kappa shape index (κ2) is 7.82. The molecule has 18 heavy (non-hydrogen) atoms. The second-order valence-electron chi connectivity index (χ2n) is 4.58. The highest BCUT2D eigenvalue weighted by molar-refractivity contribution is 5.38. The number of hydrogen-bond donors (Lipinski definition) is 0. The van der Waals surface area contributed by atoms with E-state index < -0.39 is 0 Å². The molecule has 0 aliphatic heterocycles. The van der Waals surface area contributed by atoms with Crippen LogP contribution in [0.3, 0.4) is 0 Å². The third kappa shape index (κ3) is 3.81. The van der Waals surface area contributed by atoms with Crippen LogP contribution in [-0.2, 0) is 6.42 Å². The van der Waals surface area contributed by atoms with Crippen LogP contribution in [0.4, 0.5) is 0 Å². The van der Waals surface area contributed by atoms with E-state index in [1.165, 1.54) is 11.1 Å². The van der Waals surface area contributed by atoms with Gasteiger partial charge < -0.3 is 4.74 Å². The molecule has 0 aromatic heterocycles. The van der Waals surface area contributed by atoms with Crippen LogP contribution in [0.1, 0.15) is 57.1 Å². The van der Waals surface area contributed by atoms with E-state index in [0.717, 1.165) is 38.0 Å². The maximum absolute atomic E-state index is 5.69. The van der Waals surface area contributed by atoms with E-state index in [0.29, 0.717) is 5.92 Å². The van der Waals surface area contributed by atoms with Crippen LogP contribution in [0, 0.1) is 12.3 Å². The predicted molar refractivity (Wildman–Crippen MR) is 78.1 cm³/mol. The molecule has 0 saturated heterocycles. The van der Waals surface area contributed by atoms with E-state index in [1.54, 1.807) is 0 Å². The fraction of sp³-hybridized carbons (Fsp3) is 0.529. The van der Waals surface area contributed by atoms with Crippen molar-refractivity contribution in [2.45, 2.75) is 52.4 Å². The van der Waals surface area contributed by atoms with E-state index >= 15 is 0 Å². The molecular weight excluding hydrogens is 220 g/mol. The molecule has 0 fully saturated rings. The first-order chi connectivity index (χ1) is 8.76. The van der Waals surface area contributed by atoms with E-state index in [-0.39, 0.29) is 0 Å². The first-order valence-corrected chi connectivity index (χ1v) is 6.95. The van der Waals surface area contributed by atoms with Crippen molar-refractivity contribution in [3.63, 3.8) is 0 Å². The summed E-state index contributed by atoms with van der Waals surface area (Å²) in [7, 11) is 0. The summed E-state index contributed by atoms with van der Waals surface area (Å²) in [6, 6.07) is 6.43. The molecule has 1 aromatic rings. The molecule has 0 radical (unpaired) electrons. The smallest absolute Gasteiger partial charge is 0.119 e. The number of rotatable bonds is 7. The van der Waals surface area contributed by atoms with E-state index in [9.17, 15) is 0 Å². The van der Waals surface area contributed by atoms with E-state index in [2.05, 4.69) is 44.9 Å². The molecule has 1 rings (SSSR count). The van der Waals surface area contributed by atoms with Gasteiger partial charge in [-0.05, 0) is 48.4 Å². The van der Waals surface area contributed by atoms with Crippen LogP contribution < -0.4 is 4.74 Å². The van der Waals surface area contributed by atoms with Crippen LogP contribution in [0.15, 0.2) is 18.2 Å². The molecule has 0 N–H and O–H groups in total. The zero-order valence-corrected chi connectivity index (χ0v) is 11.8. The van der Waals surface area contributed by atoms with Crippen molar-refractivity contribution in [3.05, 3.63) is 29.3 Å². The lowest BCUT2D eigenvalue weighted by Gasteiger charge is -2.17. The highest BCUT2D eigenvalue weighted by atomic mass is 16.5. The summed E-state index contributed by atoms with van der Waals surface area (Å²) in [4.78, 5) is 0. The van der Waals surface area contributed by atoms with Gasteiger partial charge in [-0.25, -0.2) is 0 Å². The Labute approximate surface area is 112 Å². The molecule has 0 spiro atoms. The Morgan fingerprint density at radius 2 is 2.06 bits per heavy atom. The maximum Gasteiger partial charge on any atom is 0.119 e. The van der Waals surface area contributed by atoms with Gasteiger partial charge in [-0.15, -0.1) is 12.3 Å². The summed E-state index contributed by atoms with van der Waals surface area (Å²) < 4.78 is 5.69. The molecule has 1 atom stereocenters. The Balaban J connectivity index is 2.95. The van der Waals surface area contributed by atoms with Crippen LogP contribution in [0.2, 0.25) is 0 Å². The normalized spacial score (nSPS) is 11.9. The van der Waals surface area contributed by atoms with E-state index in [4.69, 9.17) is 11.2 Å². The van der Waals surface area contributed by atoms with Crippen molar-refractivity contribution < 1.29 is 4.74 Å². The van der Waals surface area contributed by atoms with Gasteiger partial charge in [-0.2, -0.15) is 0 Å². The molecule has 1 unspecified atom stereocenters. The Kier molecular flexibility index (Phi) is 6.36. The van der Waals surface area contributed by atoms with Gasteiger partial charge in [0.05, 0.1) is 6.61 Å². The van der Waals surface area contributed by atoms with Crippen molar-refractivity contribution in [2.75, 3.05) is 6.61 Å². The molecular formula is C17H24O. The average molecular weight is 244 g/mol. The van der Waals surface area contributed by atoms with Crippen LogP contribution >= 0.6 is 0 Å².